The Labute approximate surface area is 143 Å². The van der Waals surface area contributed by atoms with Crippen molar-refractivity contribution in [2.75, 3.05) is 13.1 Å². The summed E-state index contributed by atoms with van der Waals surface area (Å²) in [4.78, 5) is 38.1. The van der Waals surface area contributed by atoms with E-state index < -0.39 is 5.60 Å². The van der Waals surface area contributed by atoms with Crippen LogP contribution in [0.3, 0.4) is 0 Å². The van der Waals surface area contributed by atoms with Crippen LogP contribution in [0.2, 0.25) is 0 Å². The van der Waals surface area contributed by atoms with Gasteiger partial charge < -0.3 is 9.64 Å². The Balaban J connectivity index is 1.66. The van der Waals surface area contributed by atoms with Crippen LogP contribution in [0.15, 0.2) is 41.2 Å². The van der Waals surface area contributed by atoms with Crippen molar-refractivity contribution in [1.82, 2.24) is 14.7 Å². The van der Waals surface area contributed by atoms with Crippen LogP contribution in [0.5, 0.6) is 0 Å². The molecule has 7 nitrogen and oxygen atoms in total. The summed E-state index contributed by atoms with van der Waals surface area (Å²) in [5.74, 6) is -0.611. The molecular formula is C18H17N3O4. The van der Waals surface area contributed by atoms with Gasteiger partial charge in [-0.15, -0.1) is 0 Å². The first-order valence-electron chi connectivity index (χ1n) is 8.17. The Morgan fingerprint density at radius 1 is 1.20 bits per heavy atom. The van der Waals surface area contributed by atoms with Gasteiger partial charge in [-0.1, -0.05) is 18.2 Å². The number of likely N-dealkylation sites (tertiary alicyclic amines) is 1. The van der Waals surface area contributed by atoms with E-state index in [1.807, 2.05) is 12.1 Å². The van der Waals surface area contributed by atoms with E-state index in [1.165, 1.54) is 19.2 Å². The fraction of sp³-hybridized carbons (Fsp3) is 0.333. The van der Waals surface area contributed by atoms with Crippen molar-refractivity contribution in [3.8, 4) is 0 Å². The largest absolute Gasteiger partial charge is 0.449 e. The molecule has 0 aliphatic carbocycles. The first kappa shape index (κ1) is 15.6. The lowest BCUT2D eigenvalue weighted by atomic mass is 9.85. The van der Waals surface area contributed by atoms with Crippen LogP contribution in [0.1, 0.15) is 39.3 Å². The number of carbonyl (C=O) groups excluding carboxylic acids is 2. The van der Waals surface area contributed by atoms with Crippen molar-refractivity contribution in [3.63, 3.8) is 0 Å². The summed E-state index contributed by atoms with van der Waals surface area (Å²) in [6.45, 7) is 0.851. The molecule has 1 amide bonds. The third-order valence-electron chi connectivity index (χ3n) is 4.85. The molecule has 0 unspecified atom stereocenters. The molecule has 0 saturated carbocycles. The molecule has 1 aromatic heterocycles. The number of hydrogen-bond donors (Lipinski definition) is 0. The second-order valence-electron chi connectivity index (χ2n) is 6.44. The first-order chi connectivity index (χ1) is 12.0. The first-order valence-corrected chi connectivity index (χ1v) is 8.17. The van der Waals surface area contributed by atoms with Crippen LogP contribution in [0, 0.1) is 0 Å². The summed E-state index contributed by atoms with van der Waals surface area (Å²) < 4.78 is 6.85. The summed E-state index contributed by atoms with van der Waals surface area (Å²) in [6.07, 6.45) is 1.40. The van der Waals surface area contributed by atoms with Gasteiger partial charge in [0.2, 0.25) is 0 Å². The third kappa shape index (κ3) is 2.43. The lowest BCUT2D eigenvalue weighted by molar-refractivity contribution is -0.0443. The van der Waals surface area contributed by atoms with Crippen LogP contribution >= 0.6 is 0 Å². The third-order valence-corrected chi connectivity index (χ3v) is 4.85. The number of aromatic nitrogens is 2. The summed E-state index contributed by atoms with van der Waals surface area (Å²) in [5.41, 5.74) is 0.549. The second-order valence-corrected chi connectivity index (χ2v) is 6.44. The zero-order chi connectivity index (χ0) is 17.6. The van der Waals surface area contributed by atoms with Gasteiger partial charge in [-0.2, -0.15) is 5.10 Å². The molecule has 1 aromatic carbocycles. The highest BCUT2D eigenvalue weighted by atomic mass is 16.6. The molecule has 2 aliphatic rings. The zero-order valence-corrected chi connectivity index (χ0v) is 13.8. The van der Waals surface area contributed by atoms with Crippen molar-refractivity contribution in [3.05, 3.63) is 63.6 Å². The number of rotatable bonds is 1. The van der Waals surface area contributed by atoms with Crippen molar-refractivity contribution >= 4 is 11.9 Å². The predicted octanol–water partition coefficient (Wildman–Crippen LogP) is 1.08. The molecule has 2 aliphatic heterocycles. The van der Waals surface area contributed by atoms with E-state index in [0.29, 0.717) is 25.1 Å². The number of aryl methyl sites for hydroxylation is 1. The molecule has 1 fully saturated rings. The minimum Gasteiger partial charge on any atom is -0.449 e. The van der Waals surface area contributed by atoms with Gasteiger partial charge in [0, 0.05) is 25.2 Å². The number of piperidine rings is 1. The molecule has 2 aromatic rings. The molecule has 0 N–H and O–H groups in total. The minimum absolute atomic E-state index is 0.205. The Hall–Kier alpha value is -2.96. The number of benzene rings is 1. The van der Waals surface area contributed by atoms with Crippen LogP contribution < -0.4 is 5.56 Å². The molecule has 1 saturated heterocycles. The average Bonchev–Trinajstić information content (AvgIpc) is 2.89. The highest BCUT2D eigenvalue weighted by molar-refractivity contribution is 5.95. The number of hydrogen-bond acceptors (Lipinski definition) is 5. The van der Waals surface area contributed by atoms with E-state index in [2.05, 4.69) is 5.10 Å². The SMILES string of the molecule is Cn1nc(C(=O)N2CCC[C@]3(C2)OC(=O)c2ccccc23)ccc1=O. The van der Waals surface area contributed by atoms with Gasteiger partial charge in [-0.05, 0) is 25.0 Å². The number of ether oxygens (including phenoxy) is 1. The molecule has 25 heavy (non-hydrogen) atoms. The molecule has 0 radical (unpaired) electrons. The molecule has 3 heterocycles. The molecular weight excluding hydrogens is 322 g/mol. The number of nitrogens with zero attached hydrogens (tertiary/aromatic N) is 3. The van der Waals surface area contributed by atoms with Gasteiger partial charge in [0.1, 0.15) is 5.69 Å². The minimum atomic E-state index is -0.789. The lowest BCUT2D eigenvalue weighted by Crippen LogP contribution is -2.49. The summed E-state index contributed by atoms with van der Waals surface area (Å²) >= 11 is 0. The van der Waals surface area contributed by atoms with E-state index in [-0.39, 0.29) is 23.1 Å². The van der Waals surface area contributed by atoms with Crippen molar-refractivity contribution < 1.29 is 14.3 Å². The fourth-order valence-electron chi connectivity index (χ4n) is 3.62. The Kier molecular flexibility index (Phi) is 3.45. The Morgan fingerprint density at radius 2 is 2.00 bits per heavy atom. The molecule has 128 valence electrons. The second kappa shape index (κ2) is 5.54. The normalized spacial score (nSPS) is 22.0. The van der Waals surface area contributed by atoms with E-state index in [9.17, 15) is 14.4 Å². The van der Waals surface area contributed by atoms with Crippen molar-refractivity contribution in [1.29, 1.82) is 0 Å². The molecule has 1 spiro atoms. The van der Waals surface area contributed by atoms with Crippen LogP contribution in [0.4, 0.5) is 0 Å². The molecule has 4 rings (SSSR count). The highest BCUT2D eigenvalue weighted by Gasteiger charge is 2.48. The van der Waals surface area contributed by atoms with E-state index in [4.69, 9.17) is 4.74 Å². The maximum atomic E-state index is 12.8. The average molecular weight is 339 g/mol. The molecule has 1 atom stereocenters. The van der Waals surface area contributed by atoms with Gasteiger partial charge in [0.25, 0.3) is 11.5 Å². The van der Waals surface area contributed by atoms with Crippen molar-refractivity contribution in [2.45, 2.75) is 18.4 Å². The fourth-order valence-corrected chi connectivity index (χ4v) is 3.62. The van der Waals surface area contributed by atoms with Gasteiger partial charge in [-0.3, -0.25) is 9.59 Å². The Bertz CT molecular complexity index is 936. The summed E-state index contributed by atoms with van der Waals surface area (Å²) in [6, 6.07) is 10.1. The van der Waals surface area contributed by atoms with E-state index >= 15 is 0 Å². The van der Waals surface area contributed by atoms with Gasteiger partial charge in [0.15, 0.2) is 5.60 Å². The predicted molar refractivity (Wildman–Crippen MR) is 88.2 cm³/mol. The smallest absolute Gasteiger partial charge is 0.339 e. The lowest BCUT2D eigenvalue weighted by Gasteiger charge is -2.39. The van der Waals surface area contributed by atoms with Gasteiger partial charge in [-0.25, -0.2) is 9.48 Å². The topological polar surface area (TPSA) is 81.5 Å². The van der Waals surface area contributed by atoms with Gasteiger partial charge >= 0.3 is 5.97 Å². The van der Waals surface area contributed by atoms with Crippen LogP contribution in [-0.2, 0) is 17.4 Å². The van der Waals surface area contributed by atoms with Crippen LogP contribution in [-0.4, -0.2) is 39.6 Å². The maximum absolute atomic E-state index is 12.8. The van der Waals surface area contributed by atoms with Crippen molar-refractivity contribution in [2.24, 2.45) is 7.05 Å². The summed E-state index contributed by atoms with van der Waals surface area (Å²) in [5, 5.41) is 4.03. The summed E-state index contributed by atoms with van der Waals surface area (Å²) in [7, 11) is 1.51. The number of carbonyl (C=O) groups is 2. The van der Waals surface area contributed by atoms with E-state index in [0.717, 1.165) is 16.7 Å². The van der Waals surface area contributed by atoms with E-state index in [1.54, 1.807) is 17.0 Å². The zero-order valence-electron chi connectivity index (χ0n) is 13.8. The highest BCUT2D eigenvalue weighted by Crippen LogP contribution is 2.42. The molecule has 7 heteroatoms. The number of esters is 1. The number of fused-ring (bicyclic) bond motifs is 2. The molecule has 0 bridgehead atoms. The van der Waals surface area contributed by atoms with Crippen LogP contribution in [0.25, 0.3) is 0 Å². The quantitative estimate of drug-likeness (QED) is 0.726. The monoisotopic (exact) mass is 339 g/mol. The maximum Gasteiger partial charge on any atom is 0.339 e. The Morgan fingerprint density at radius 3 is 2.80 bits per heavy atom. The standard InChI is InChI=1S/C18H17N3O4/c1-20-15(22)8-7-14(19-20)16(23)21-10-4-9-18(11-21)13-6-3-2-5-12(13)17(24)25-18/h2-3,5-8H,4,9-11H2,1H3/t18-/m1/s1. The van der Waals surface area contributed by atoms with Gasteiger partial charge in [0.05, 0.1) is 12.1 Å². The number of amides is 1.